The van der Waals surface area contributed by atoms with Crippen LogP contribution in [0.1, 0.15) is 80.9 Å². The number of benzene rings is 3. The van der Waals surface area contributed by atoms with E-state index in [9.17, 15) is 72.6 Å². The number of non-ortho nitro benzene ring substituents is 2. The van der Waals surface area contributed by atoms with Gasteiger partial charge in [-0.2, -0.15) is 0 Å². The first-order valence-corrected chi connectivity index (χ1v) is 21.1. The maximum atomic E-state index is 12.6. The fraction of sp³-hybridized carbons (Fsp3) is 0.302. The van der Waals surface area contributed by atoms with E-state index in [0.29, 0.717) is 41.7 Å². The van der Waals surface area contributed by atoms with E-state index in [2.05, 4.69) is 37.5 Å². The van der Waals surface area contributed by atoms with Gasteiger partial charge in [0.2, 0.25) is 40.7 Å². The number of carbonyl (C=O) groups is 8. The Morgan fingerprint density at radius 2 is 1.09 bits per heavy atom. The quantitative estimate of drug-likeness (QED) is 0.0316. The second-order valence-corrected chi connectivity index (χ2v) is 15.7. The van der Waals surface area contributed by atoms with Gasteiger partial charge in [-0.05, 0) is 75.0 Å². The minimum absolute atomic E-state index is 0. The zero-order chi connectivity index (χ0) is 55.0. The van der Waals surface area contributed by atoms with Gasteiger partial charge in [0.05, 0.1) is 57.5 Å². The van der Waals surface area contributed by atoms with Gasteiger partial charge in [-0.25, -0.2) is 14.8 Å². The molecule has 0 bridgehead atoms. The van der Waals surface area contributed by atoms with E-state index in [-0.39, 0.29) is 137 Å². The molecule has 3 unspecified atom stereocenters. The smallest absolute Gasteiger partial charge is 0.337 e. The zero-order valence-electron chi connectivity index (χ0n) is 40.9. The Morgan fingerprint density at radius 1 is 0.724 bits per heavy atom. The minimum Gasteiger partial charge on any atom is -0.478 e. The average molecular weight is 1210 g/mol. The number of fused-ring (bicyclic) bond motifs is 2. The number of hydrogen-bond donors (Lipinski definition) is 7. The Morgan fingerprint density at radius 3 is 1.46 bits per heavy atom. The van der Waals surface area contributed by atoms with Crippen LogP contribution in [0.15, 0.2) is 64.2 Å². The molecular weight excluding hydrogens is 1150 g/mol. The number of carboxylic acids is 1. The Hall–Kier alpha value is -8.05. The number of carbonyl (C=O) groups excluding carboxylic acids is 7. The van der Waals surface area contributed by atoms with E-state index >= 15 is 0 Å². The minimum atomic E-state index is -1.20. The zero-order valence-corrected chi connectivity index (χ0v) is 43.1. The number of nitrogen functional groups attached to an aromatic ring is 2. The number of anilines is 2. The molecular formula is C43H51Cl2FN12O17Pd. The van der Waals surface area contributed by atoms with Crippen LogP contribution in [0.5, 0.6) is 0 Å². The van der Waals surface area contributed by atoms with Crippen LogP contribution in [-0.4, -0.2) is 105 Å². The van der Waals surface area contributed by atoms with E-state index in [4.69, 9.17) is 23.7 Å². The summed E-state index contributed by atoms with van der Waals surface area (Å²) in [7, 11) is -1.00. The molecule has 0 spiro atoms. The molecule has 0 aliphatic carbocycles. The molecule has 14 N–H and O–H groups in total. The van der Waals surface area contributed by atoms with Crippen molar-refractivity contribution in [2.75, 3.05) is 18.6 Å². The number of nitrogens with one attached hydrogen (secondary N) is 3. The summed E-state index contributed by atoms with van der Waals surface area (Å²) < 4.78 is 18.1. The van der Waals surface area contributed by atoms with E-state index in [1.54, 1.807) is 32.0 Å². The second kappa shape index (κ2) is 31.6. The second-order valence-electron chi connectivity index (χ2n) is 15.2. The van der Waals surface area contributed by atoms with E-state index < -0.39 is 58.5 Å². The monoisotopic (exact) mass is 1200 g/mol. The molecule has 8 rings (SSSR count). The summed E-state index contributed by atoms with van der Waals surface area (Å²) in [6.07, 6.45) is 1.71. The summed E-state index contributed by atoms with van der Waals surface area (Å²) in [6.45, 7) is 4.50. The van der Waals surface area contributed by atoms with Gasteiger partial charge in [0.25, 0.3) is 22.5 Å². The molecule has 5 heterocycles. The van der Waals surface area contributed by atoms with Crippen LogP contribution >= 0.6 is 24.0 Å². The number of nitro benzene ring substituents is 2. The molecule has 0 saturated carbocycles. The van der Waals surface area contributed by atoms with Crippen molar-refractivity contribution < 1.29 is 90.4 Å². The molecule has 29 nitrogen and oxygen atoms in total. The first-order chi connectivity index (χ1) is 34.2. The molecule has 3 atom stereocenters. The number of nitrogens with zero attached hydrogens (tertiary/aromatic N) is 6. The van der Waals surface area contributed by atoms with E-state index in [0.717, 1.165) is 18.2 Å². The number of rotatable bonds is 5. The molecule has 0 radical (unpaired) electrons. The number of nitro groups is 2. The number of halogens is 3. The summed E-state index contributed by atoms with van der Waals surface area (Å²) in [5.74, 6) is -2.79. The Bertz CT molecular complexity index is 3170. The third kappa shape index (κ3) is 18.7. The van der Waals surface area contributed by atoms with Gasteiger partial charge >= 0.3 is 5.97 Å². The van der Waals surface area contributed by atoms with Crippen LogP contribution in [0.3, 0.4) is 0 Å². The summed E-state index contributed by atoms with van der Waals surface area (Å²) in [5.41, 5.74) is 16.1. The van der Waals surface area contributed by atoms with Gasteiger partial charge in [-0.15, -0.1) is 12.4 Å². The first-order valence-electron chi connectivity index (χ1n) is 21.4. The number of carboxylic acid groups (broad SMARTS) is 1. The Balaban J connectivity index is 0. The molecule has 3 aliphatic heterocycles. The van der Waals surface area contributed by atoms with Crippen LogP contribution < -0.4 is 44.3 Å². The van der Waals surface area contributed by atoms with Crippen LogP contribution in [-0.2, 0) is 54.0 Å². The van der Waals surface area contributed by atoms with Crippen molar-refractivity contribution in [3.05, 3.63) is 113 Å². The van der Waals surface area contributed by atoms with Crippen molar-refractivity contribution in [1.82, 2.24) is 35.1 Å². The van der Waals surface area contributed by atoms with Crippen LogP contribution in [0.25, 0.3) is 21.8 Å². The van der Waals surface area contributed by atoms with Gasteiger partial charge < -0.3 is 33.3 Å². The van der Waals surface area contributed by atoms with Gasteiger partial charge in [-0.3, -0.25) is 92.9 Å². The number of aryl methyl sites for hydroxylation is 2. The Kier molecular flexibility index (Phi) is 28.3. The molecule has 3 fully saturated rings. The van der Waals surface area contributed by atoms with Crippen LogP contribution in [0.4, 0.5) is 27.1 Å². The summed E-state index contributed by atoms with van der Waals surface area (Å²) in [6, 6.07) is 9.83. The number of aromatic carboxylic acids is 1. The van der Waals surface area contributed by atoms with Crippen molar-refractivity contribution in [3.8, 4) is 0 Å². The summed E-state index contributed by atoms with van der Waals surface area (Å²) >= 11 is 4.64. The molecule has 6 amide bonds. The van der Waals surface area contributed by atoms with Crippen molar-refractivity contribution in [2.45, 2.75) is 77.4 Å². The van der Waals surface area contributed by atoms with Crippen LogP contribution in [0, 0.1) is 34.1 Å². The van der Waals surface area contributed by atoms with Crippen molar-refractivity contribution in [1.29, 1.82) is 0 Å². The number of piperidine rings is 3. The topological polar surface area (TPSA) is 490 Å². The SMILES string of the molecule is CC(=O)Cl.Cc1nc2cc(N)ccc2c(=O)n1C1CCC(=O)NC1=O.Cc1nc2cc([N+](=O)[O-])ccc2c(=O)n1C1CCC(=O)NC1=O.Cl.NC1CCC(=O)NC1=O.Nc1cc([N+](=O)[O-])ccc1C(=O)O.O.O.[2H]CF.[Pd]. The van der Waals surface area contributed by atoms with Gasteiger partial charge in [-0.1, -0.05) is 0 Å². The third-order valence-electron chi connectivity index (χ3n) is 10.2. The standard InChI is InChI=1S/C14H12N4O5.C14H14N4O3.C7H6N2O4.C5H8N2O2.C2H3ClO.CH3F.ClH.2H2O.Pd/c1-7-15-10-6-8(18(22)23)2-3-9(10)14(21)17(7)11-4-5-12(19)16-13(11)20;1-7-16-10-6-8(15)2-3-9(10)14(21)18(7)11-4-5-12(19)17-13(11)20;8-6-3-4(9(12)13)1-2-5(6)7(10)11;6-3-1-2-4(8)7-5(3)9;1-2(3)4;1-2;;;;/h2-3,6,11H,4-5H2,1H3,(H,16,19,20);2-3,6,11H,4-5,15H2,1H3,(H,17,19,20);1-3H,8H2,(H,10,11);3H,1-2,6H2,(H,7,8,9);1H3;1H3;1H;2*1H2;/i;;;;;1D;;;;. The number of alkyl halides is 1. The number of imide groups is 3. The van der Waals surface area contributed by atoms with Crippen molar-refractivity contribution in [3.63, 3.8) is 0 Å². The number of nitrogens with two attached hydrogens (primary N) is 3. The van der Waals surface area contributed by atoms with Crippen LogP contribution in [0.2, 0.25) is 0 Å². The van der Waals surface area contributed by atoms with E-state index in [1.807, 2.05) is 0 Å². The first kappa shape index (κ1) is 68.0. The molecule has 33 heteroatoms. The fourth-order valence-electron chi connectivity index (χ4n) is 6.90. The number of aromatic nitrogens is 4. The largest absolute Gasteiger partial charge is 0.478 e. The summed E-state index contributed by atoms with van der Waals surface area (Å²) in [5, 5.41) is 36.4. The summed E-state index contributed by atoms with van der Waals surface area (Å²) in [4.78, 5) is 141. The van der Waals surface area contributed by atoms with Crippen molar-refractivity contribution in [2.24, 2.45) is 5.73 Å². The van der Waals surface area contributed by atoms with Gasteiger partial charge in [0.1, 0.15) is 23.7 Å². The molecule has 3 aliphatic rings. The van der Waals surface area contributed by atoms with Crippen molar-refractivity contribution >= 4 is 115 Å². The number of amides is 6. The predicted octanol–water partition coefficient (Wildman–Crippen LogP) is 0.608. The van der Waals surface area contributed by atoms with Gasteiger partial charge in [0.15, 0.2) is 0 Å². The maximum absolute atomic E-state index is 12.6. The Labute approximate surface area is 453 Å². The third-order valence-corrected chi connectivity index (χ3v) is 10.2. The molecule has 416 valence electrons. The molecule has 5 aromatic rings. The molecule has 2 aromatic heterocycles. The molecule has 76 heavy (non-hydrogen) atoms. The van der Waals surface area contributed by atoms with E-state index in [1.165, 1.54) is 34.3 Å². The van der Waals surface area contributed by atoms with Gasteiger partial charge in [0, 0.05) is 76.6 Å². The fourth-order valence-corrected chi connectivity index (χ4v) is 6.90. The predicted molar refractivity (Wildman–Crippen MR) is 268 cm³/mol. The maximum Gasteiger partial charge on any atom is 0.337 e. The average Bonchev–Trinajstić information content (AvgIpc) is 3.29. The normalized spacial score (nSPS) is 16.2. The molecule has 3 aromatic carbocycles. The number of hydrogen-bond acceptors (Lipinski definition) is 19. The molecule has 3 saturated heterocycles.